The molecule has 23 heavy (non-hydrogen) atoms. The molecule has 1 aliphatic carbocycles. The molecular weight excluding hydrogens is 429 g/mol. The quantitative estimate of drug-likeness (QED) is 0.374. The highest BCUT2D eigenvalue weighted by Crippen LogP contribution is 2.46. The zero-order valence-electron chi connectivity index (χ0n) is 13.4. The molecule has 1 fully saturated rings. The molecule has 0 saturated heterocycles. The van der Waals surface area contributed by atoms with Crippen LogP contribution in [0, 0.1) is 5.41 Å². The molecule has 0 heterocycles. The summed E-state index contributed by atoms with van der Waals surface area (Å²) in [6, 6.07) is 7.68. The summed E-state index contributed by atoms with van der Waals surface area (Å²) in [6.45, 7) is 0.916. The van der Waals surface area contributed by atoms with Crippen LogP contribution in [-0.2, 0) is 21.2 Å². The Morgan fingerprint density at radius 2 is 2.04 bits per heavy atom. The lowest BCUT2D eigenvalue weighted by Gasteiger charge is -2.13. The van der Waals surface area contributed by atoms with Gasteiger partial charge in [-0.2, -0.15) is 0 Å². The van der Waals surface area contributed by atoms with Gasteiger partial charge in [-0.05, 0) is 18.9 Å². The molecule has 0 radical (unpaired) electrons. The second-order valence-corrected chi connectivity index (χ2v) is 8.13. The summed E-state index contributed by atoms with van der Waals surface area (Å²) in [6.07, 6.45) is 3.04. The van der Waals surface area contributed by atoms with E-state index >= 15 is 0 Å². The summed E-state index contributed by atoms with van der Waals surface area (Å²) < 4.78 is 28.0. The Labute approximate surface area is 154 Å². The number of sulfone groups is 1. The van der Waals surface area contributed by atoms with Crippen molar-refractivity contribution in [3.05, 3.63) is 29.8 Å². The van der Waals surface area contributed by atoms with Gasteiger partial charge >= 0.3 is 0 Å². The van der Waals surface area contributed by atoms with Gasteiger partial charge in [0.05, 0.1) is 12.4 Å². The molecule has 0 unspecified atom stereocenters. The number of ether oxygens (including phenoxy) is 1. The molecule has 0 atom stereocenters. The molecular formula is C15H24IN3O3S. The first-order valence-electron chi connectivity index (χ1n) is 7.15. The fourth-order valence-electron chi connectivity index (χ4n) is 2.44. The van der Waals surface area contributed by atoms with Gasteiger partial charge in [-0.25, -0.2) is 8.42 Å². The van der Waals surface area contributed by atoms with Crippen molar-refractivity contribution in [1.82, 2.24) is 0 Å². The average Bonchev–Trinajstić information content (AvgIpc) is 3.17. The lowest BCUT2D eigenvalue weighted by Crippen LogP contribution is -2.26. The van der Waals surface area contributed by atoms with Gasteiger partial charge < -0.3 is 15.8 Å². The first kappa shape index (κ1) is 20.2. The minimum atomic E-state index is -2.99. The second-order valence-electron chi connectivity index (χ2n) is 5.99. The number of nitrogens with two attached hydrogens (primary N) is 1. The molecule has 3 N–H and O–H groups in total. The highest BCUT2D eigenvalue weighted by molar-refractivity contribution is 14.0. The predicted octanol–water partition coefficient (Wildman–Crippen LogP) is 2.00. The van der Waals surface area contributed by atoms with Crippen LogP contribution in [0.2, 0.25) is 0 Å². The first-order valence-corrected chi connectivity index (χ1v) is 9.21. The molecule has 1 aromatic rings. The maximum Gasteiger partial charge on any atom is 0.193 e. The number of anilines is 1. The van der Waals surface area contributed by atoms with Crippen LogP contribution in [0.25, 0.3) is 0 Å². The Kier molecular flexibility index (Phi) is 7.28. The number of methoxy groups -OCH3 is 1. The first-order chi connectivity index (χ1) is 10.3. The molecule has 0 bridgehead atoms. The van der Waals surface area contributed by atoms with Crippen LogP contribution in [-0.4, -0.2) is 40.0 Å². The standard InChI is InChI=1S/C15H23N3O3S.HI/c1-21-9-12-5-3-4-6-13(12)18-14(16)17-10-15(7-8-15)11-22(2,19)20;/h3-6H,7-11H2,1-2H3,(H3,16,17,18);1H. The van der Waals surface area contributed by atoms with Crippen molar-refractivity contribution in [1.29, 1.82) is 0 Å². The molecule has 0 aliphatic heterocycles. The largest absolute Gasteiger partial charge is 0.380 e. The van der Waals surface area contributed by atoms with E-state index in [1.807, 2.05) is 24.3 Å². The van der Waals surface area contributed by atoms with Crippen molar-refractivity contribution >= 4 is 45.5 Å². The van der Waals surface area contributed by atoms with Gasteiger partial charge in [0.15, 0.2) is 5.96 Å². The number of halogens is 1. The third-order valence-corrected chi connectivity index (χ3v) is 4.83. The molecule has 130 valence electrons. The van der Waals surface area contributed by atoms with Crippen molar-refractivity contribution in [3.63, 3.8) is 0 Å². The Morgan fingerprint density at radius 3 is 2.61 bits per heavy atom. The minimum absolute atomic E-state index is 0. The Balaban J connectivity index is 0.00000264. The van der Waals surface area contributed by atoms with E-state index in [1.54, 1.807) is 7.11 Å². The van der Waals surface area contributed by atoms with Crippen LogP contribution in [0.3, 0.4) is 0 Å². The van der Waals surface area contributed by atoms with E-state index in [1.165, 1.54) is 6.26 Å². The summed E-state index contributed by atoms with van der Waals surface area (Å²) in [5.41, 5.74) is 7.53. The van der Waals surface area contributed by atoms with Gasteiger partial charge in [-0.1, -0.05) is 18.2 Å². The zero-order chi connectivity index (χ0) is 16.2. The highest BCUT2D eigenvalue weighted by Gasteiger charge is 2.45. The zero-order valence-corrected chi connectivity index (χ0v) is 16.6. The van der Waals surface area contributed by atoms with Crippen molar-refractivity contribution in [3.8, 4) is 0 Å². The van der Waals surface area contributed by atoms with E-state index in [9.17, 15) is 8.42 Å². The monoisotopic (exact) mass is 453 g/mol. The van der Waals surface area contributed by atoms with Crippen molar-refractivity contribution in [2.24, 2.45) is 16.1 Å². The number of benzene rings is 1. The fraction of sp³-hybridized carbons (Fsp3) is 0.533. The van der Waals surface area contributed by atoms with Gasteiger partial charge in [-0.3, -0.25) is 4.99 Å². The maximum atomic E-state index is 11.4. The molecule has 0 amide bonds. The van der Waals surface area contributed by atoms with Gasteiger partial charge in [0.25, 0.3) is 0 Å². The average molecular weight is 453 g/mol. The van der Waals surface area contributed by atoms with Gasteiger partial charge in [0.1, 0.15) is 9.84 Å². The van der Waals surface area contributed by atoms with Crippen molar-refractivity contribution in [2.75, 3.05) is 31.0 Å². The Hall–Kier alpha value is -0.870. The fourth-order valence-corrected chi connectivity index (χ4v) is 3.93. The minimum Gasteiger partial charge on any atom is -0.380 e. The van der Waals surface area contributed by atoms with E-state index in [0.29, 0.717) is 19.1 Å². The van der Waals surface area contributed by atoms with Crippen molar-refractivity contribution in [2.45, 2.75) is 19.4 Å². The van der Waals surface area contributed by atoms with Crippen LogP contribution < -0.4 is 11.1 Å². The van der Waals surface area contributed by atoms with Crippen LogP contribution in [0.4, 0.5) is 5.69 Å². The van der Waals surface area contributed by atoms with Crippen LogP contribution in [0.5, 0.6) is 0 Å². The van der Waals surface area contributed by atoms with Crippen molar-refractivity contribution < 1.29 is 13.2 Å². The topological polar surface area (TPSA) is 93.8 Å². The molecule has 0 spiro atoms. The van der Waals surface area contributed by atoms with E-state index in [0.717, 1.165) is 24.1 Å². The van der Waals surface area contributed by atoms with E-state index in [4.69, 9.17) is 10.5 Å². The van der Waals surface area contributed by atoms with Crippen LogP contribution in [0.1, 0.15) is 18.4 Å². The lowest BCUT2D eigenvalue weighted by atomic mass is 10.1. The molecule has 0 aromatic heterocycles. The highest BCUT2D eigenvalue weighted by atomic mass is 127. The Bertz CT molecular complexity index is 658. The van der Waals surface area contributed by atoms with E-state index in [2.05, 4.69) is 10.3 Å². The molecule has 1 aliphatic rings. The molecule has 2 rings (SSSR count). The van der Waals surface area contributed by atoms with E-state index in [-0.39, 0.29) is 35.1 Å². The summed E-state index contributed by atoms with van der Waals surface area (Å²) >= 11 is 0. The van der Waals surface area contributed by atoms with Crippen LogP contribution >= 0.6 is 24.0 Å². The number of nitrogens with one attached hydrogen (secondary N) is 1. The Morgan fingerprint density at radius 1 is 1.39 bits per heavy atom. The summed E-state index contributed by atoms with van der Waals surface area (Å²) in [5.74, 6) is 0.472. The smallest absolute Gasteiger partial charge is 0.193 e. The molecule has 1 aromatic carbocycles. The number of hydrogen-bond acceptors (Lipinski definition) is 4. The number of guanidine groups is 1. The molecule has 1 saturated carbocycles. The predicted molar refractivity (Wildman–Crippen MR) is 104 cm³/mol. The number of rotatable bonds is 7. The third-order valence-electron chi connectivity index (χ3n) is 3.69. The van der Waals surface area contributed by atoms with Gasteiger partial charge in [0.2, 0.25) is 0 Å². The van der Waals surface area contributed by atoms with Crippen LogP contribution in [0.15, 0.2) is 29.3 Å². The third kappa shape index (κ3) is 6.64. The summed E-state index contributed by atoms with van der Waals surface area (Å²) in [5, 5.41) is 3.06. The number of nitrogens with zero attached hydrogens (tertiary/aromatic N) is 1. The number of para-hydroxylation sites is 1. The summed E-state index contributed by atoms with van der Waals surface area (Å²) in [7, 11) is -1.35. The summed E-state index contributed by atoms with van der Waals surface area (Å²) in [4.78, 5) is 4.32. The van der Waals surface area contributed by atoms with E-state index < -0.39 is 9.84 Å². The lowest BCUT2D eigenvalue weighted by molar-refractivity contribution is 0.185. The number of aliphatic imine (C=N–C) groups is 1. The van der Waals surface area contributed by atoms with Gasteiger partial charge in [-0.15, -0.1) is 24.0 Å². The van der Waals surface area contributed by atoms with Gasteiger partial charge in [0, 0.05) is 36.6 Å². The maximum absolute atomic E-state index is 11.4. The molecule has 6 nitrogen and oxygen atoms in total. The SMILES string of the molecule is COCc1ccccc1NC(N)=NCC1(CS(C)(=O)=O)CC1.I. The number of hydrogen-bond donors (Lipinski definition) is 2. The molecule has 8 heteroatoms. The normalized spacial score (nSPS) is 16.5. The second kappa shape index (κ2) is 8.29.